The number of nitro benzene ring substituents is 1. The standard InChI is InChI=1S/C23H21FN4O7S/c1-34-18-11-12-19(21(13-18)35-2)27(36(32,33)22-6-4-3-5-20(22)28(30)31)15-23(29)26-25-14-16-7-9-17(24)10-8-16/h3-14H,15H2,1-2H3,(H,26,29)/b25-14+. The number of hydrazone groups is 1. The average molecular weight is 517 g/mol. The van der Waals surface area contributed by atoms with Crippen molar-refractivity contribution in [2.24, 2.45) is 5.10 Å². The van der Waals surface area contributed by atoms with Gasteiger partial charge < -0.3 is 9.47 Å². The fourth-order valence-corrected chi connectivity index (χ4v) is 4.72. The molecule has 0 saturated carbocycles. The van der Waals surface area contributed by atoms with Crippen molar-refractivity contribution in [3.63, 3.8) is 0 Å². The topological polar surface area (TPSA) is 140 Å². The molecule has 3 aromatic rings. The second-order valence-corrected chi connectivity index (χ2v) is 8.95. The van der Waals surface area contributed by atoms with Gasteiger partial charge in [-0.3, -0.25) is 19.2 Å². The van der Waals surface area contributed by atoms with Crippen molar-refractivity contribution in [2.45, 2.75) is 4.90 Å². The zero-order valence-corrected chi connectivity index (χ0v) is 19.9. The molecule has 0 fully saturated rings. The fourth-order valence-electron chi connectivity index (χ4n) is 3.13. The lowest BCUT2D eigenvalue weighted by molar-refractivity contribution is -0.387. The molecule has 0 bridgehead atoms. The van der Waals surface area contributed by atoms with Crippen LogP contribution in [0.3, 0.4) is 0 Å². The molecule has 188 valence electrons. The van der Waals surface area contributed by atoms with E-state index < -0.39 is 43.8 Å². The number of methoxy groups -OCH3 is 2. The number of ether oxygens (including phenoxy) is 2. The van der Waals surface area contributed by atoms with Gasteiger partial charge in [0.15, 0.2) is 4.90 Å². The lowest BCUT2D eigenvalue weighted by Gasteiger charge is -2.25. The second kappa shape index (κ2) is 11.3. The first-order chi connectivity index (χ1) is 17.2. The number of nitro groups is 1. The number of carbonyl (C=O) groups is 1. The van der Waals surface area contributed by atoms with Crippen molar-refractivity contribution in [2.75, 3.05) is 25.1 Å². The minimum atomic E-state index is -4.64. The van der Waals surface area contributed by atoms with Crippen LogP contribution in [-0.2, 0) is 14.8 Å². The largest absolute Gasteiger partial charge is 0.497 e. The highest BCUT2D eigenvalue weighted by Gasteiger charge is 2.34. The third kappa shape index (κ3) is 5.93. The number of para-hydroxylation sites is 1. The molecule has 0 atom stereocenters. The van der Waals surface area contributed by atoms with E-state index in [4.69, 9.17) is 9.47 Å². The molecule has 11 nitrogen and oxygen atoms in total. The number of hydrogen-bond donors (Lipinski definition) is 1. The highest BCUT2D eigenvalue weighted by atomic mass is 32.2. The van der Waals surface area contributed by atoms with E-state index in [1.807, 2.05) is 0 Å². The van der Waals surface area contributed by atoms with E-state index in [0.29, 0.717) is 15.6 Å². The molecule has 0 radical (unpaired) electrons. The highest BCUT2D eigenvalue weighted by Crippen LogP contribution is 2.37. The van der Waals surface area contributed by atoms with Crippen LogP contribution in [-0.4, -0.2) is 46.2 Å². The van der Waals surface area contributed by atoms with Crippen LogP contribution in [0.5, 0.6) is 11.5 Å². The molecule has 0 aromatic heterocycles. The average Bonchev–Trinajstić information content (AvgIpc) is 2.88. The monoisotopic (exact) mass is 516 g/mol. The van der Waals surface area contributed by atoms with Crippen molar-refractivity contribution < 1.29 is 32.0 Å². The molecular formula is C23H21FN4O7S. The smallest absolute Gasteiger partial charge is 0.289 e. The first kappa shape index (κ1) is 26.1. The third-order valence-corrected chi connectivity index (χ3v) is 6.65. The molecule has 0 aliphatic rings. The molecule has 36 heavy (non-hydrogen) atoms. The van der Waals surface area contributed by atoms with E-state index >= 15 is 0 Å². The summed E-state index contributed by atoms with van der Waals surface area (Å²) < 4.78 is 51.4. The summed E-state index contributed by atoms with van der Waals surface area (Å²) >= 11 is 0. The van der Waals surface area contributed by atoms with Gasteiger partial charge in [-0.15, -0.1) is 0 Å². The second-order valence-electron chi connectivity index (χ2n) is 7.12. The van der Waals surface area contributed by atoms with Gasteiger partial charge in [-0.1, -0.05) is 24.3 Å². The maximum Gasteiger partial charge on any atom is 0.289 e. The summed E-state index contributed by atoms with van der Waals surface area (Å²) in [7, 11) is -1.94. The molecule has 1 N–H and O–H groups in total. The predicted octanol–water partition coefficient (Wildman–Crippen LogP) is 3.10. The Morgan fingerprint density at radius 1 is 1.11 bits per heavy atom. The summed E-state index contributed by atoms with van der Waals surface area (Å²) in [6, 6.07) is 14.2. The molecule has 0 saturated heterocycles. The first-order valence-corrected chi connectivity index (χ1v) is 11.7. The van der Waals surface area contributed by atoms with Gasteiger partial charge in [0.1, 0.15) is 23.9 Å². The molecule has 3 aromatic carbocycles. The maximum absolute atomic E-state index is 13.6. The summed E-state index contributed by atoms with van der Waals surface area (Å²) in [5.74, 6) is -0.903. The molecule has 0 unspecified atom stereocenters. The number of amides is 1. The Morgan fingerprint density at radius 2 is 1.81 bits per heavy atom. The lowest BCUT2D eigenvalue weighted by atomic mass is 10.2. The zero-order valence-electron chi connectivity index (χ0n) is 19.1. The number of hydrogen-bond acceptors (Lipinski definition) is 8. The molecule has 13 heteroatoms. The Hall–Kier alpha value is -4.52. The van der Waals surface area contributed by atoms with Crippen LogP contribution in [0, 0.1) is 15.9 Å². The number of carbonyl (C=O) groups excluding carboxylic acids is 1. The number of anilines is 1. The van der Waals surface area contributed by atoms with Crippen LogP contribution in [0.25, 0.3) is 0 Å². The summed E-state index contributed by atoms with van der Waals surface area (Å²) in [5, 5.41) is 15.3. The van der Waals surface area contributed by atoms with E-state index in [9.17, 15) is 27.7 Å². The molecule has 0 spiro atoms. The van der Waals surface area contributed by atoms with Gasteiger partial charge in [0.25, 0.3) is 21.6 Å². The first-order valence-electron chi connectivity index (χ1n) is 10.2. The lowest BCUT2D eigenvalue weighted by Crippen LogP contribution is -2.40. The summed E-state index contributed by atoms with van der Waals surface area (Å²) in [6.07, 6.45) is 1.24. The predicted molar refractivity (Wildman–Crippen MR) is 129 cm³/mol. The van der Waals surface area contributed by atoms with Gasteiger partial charge in [-0.05, 0) is 35.9 Å². The molecular weight excluding hydrogens is 495 g/mol. The zero-order chi connectivity index (χ0) is 26.3. The molecule has 1 amide bonds. The number of sulfonamides is 1. The van der Waals surface area contributed by atoms with E-state index in [1.54, 1.807) is 0 Å². The van der Waals surface area contributed by atoms with Gasteiger partial charge in [0.2, 0.25) is 0 Å². The van der Waals surface area contributed by atoms with Crippen molar-refractivity contribution in [3.05, 3.63) is 88.2 Å². The number of benzene rings is 3. The molecule has 0 aliphatic carbocycles. The van der Waals surface area contributed by atoms with Crippen molar-refractivity contribution in [3.8, 4) is 11.5 Å². The fraction of sp³-hybridized carbons (Fsp3) is 0.130. The van der Waals surface area contributed by atoms with Crippen LogP contribution < -0.4 is 19.2 Å². The number of halogens is 1. The van der Waals surface area contributed by atoms with Gasteiger partial charge in [0.05, 0.1) is 31.0 Å². The SMILES string of the molecule is COc1ccc(N(CC(=O)N/N=C/c2ccc(F)cc2)S(=O)(=O)c2ccccc2[N+](=O)[O-])c(OC)c1. The summed E-state index contributed by atoms with van der Waals surface area (Å²) in [5.41, 5.74) is 1.96. The van der Waals surface area contributed by atoms with Gasteiger partial charge in [-0.2, -0.15) is 5.10 Å². The Labute approximate surface area is 206 Å². The highest BCUT2D eigenvalue weighted by molar-refractivity contribution is 7.93. The van der Waals surface area contributed by atoms with Crippen molar-refractivity contribution in [1.82, 2.24) is 5.43 Å². The Balaban J connectivity index is 2.00. The van der Waals surface area contributed by atoms with Crippen molar-refractivity contribution >= 4 is 33.5 Å². The quantitative estimate of drug-likeness (QED) is 0.248. The summed E-state index contributed by atoms with van der Waals surface area (Å²) in [6.45, 7) is -0.794. The number of rotatable bonds is 10. The van der Waals surface area contributed by atoms with E-state index in [0.717, 1.165) is 12.1 Å². The van der Waals surface area contributed by atoms with Crippen LogP contribution >= 0.6 is 0 Å². The van der Waals surface area contributed by atoms with Gasteiger partial charge in [0, 0.05) is 12.1 Å². The van der Waals surface area contributed by atoms with Crippen LogP contribution in [0.2, 0.25) is 0 Å². The number of nitrogens with zero attached hydrogens (tertiary/aromatic N) is 3. The Morgan fingerprint density at radius 3 is 2.44 bits per heavy atom. The van der Waals surface area contributed by atoms with Crippen LogP contribution in [0.15, 0.2) is 76.7 Å². The molecule has 3 rings (SSSR count). The van der Waals surface area contributed by atoms with E-state index in [2.05, 4.69) is 10.5 Å². The molecule has 0 heterocycles. The Kier molecular flexibility index (Phi) is 8.17. The number of nitrogens with one attached hydrogen (secondary N) is 1. The van der Waals surface area contributed by atoms with E-state index in [-0.39, 0.29) is 11.4 Å². The van der Waals surface area contributed by atoms with Gasteiger partial charge >= 0.3 is 0 Å². The maximum atomic E-state index is 13.6. The minimum Gasteiger partial charge on any atom is -0.497 e. The van der Waals surface area contributed by atoms with Crippen LogP contribution in [0.1, 0.15) is 5.56 Å². The minimum absolute atomic E-state index is 0.0409. The summed E-state index contributed by atoms with van der Waals surface area (Å²) in [4.78, 5) is 22.8. The van der Waals surface area contributed by atoms with E-state index in [1.165, 1.54) is 75.0 Å². The van der Waals surface area contributed by atoms with Crippen LogP contribution in [0.4, 0.5) is 15.8 Å². The molecule has 0 aliphatic heterocycles. The third-order valence-electron chi connectivity index (χ3n) is 4.85. The van der Waals surface area contributed by atoms with Crippen molar-refractivity contribution in [1.29, 1.82) is 0 Å². The Bertz CT molecular complexity index is 1400. The normalized spacial score (nSPS) is 11.2. The van der Waals surface area contributed by atoms with Gasteiger partial charge in [-0.25, -0.2) is 18.2 Å².